The summed E-state index contributed by atoms with van der Waals surface area (Å²) in [4.78, 5) is 11.7. The van der Waals surface area contributed by atoms with Crippen LogP contribution in [-0.2, 0) is 0 Å². The lowest BCUT2D eigenvalue weighted by molar-refractivity contribution is 0.0730. The minimum absolute atomic E-state index is 0.104. The summed E-state index contributed by atoms with van der Waals surface area (Å²) in [5.41, 5.74) is -0.179. The minimum Gasteiger partial charge on any atom is -0.423 e. The van der Waals surface area contributed by atoms with Crippen LogP contribution in [0.25, 0.3) is 0 Å². The second-order valence-corrected chi connectivity index (χ2v) is 3.71. The van der Waals surface area contributed by atoms with Gasteiger partial charge in [0.1, 0.15) is 5.75 Å². The molecular weight excluding hydrogens is 243 g/mol. The molecule has 2 aromatic carbocycles. The van der Waals surface area contributed by atoms with Gasteiger partial charge in [-0.15, -0.1) is 0 Å². The number of para-hydroxylation sites is 1. The van der Waals surface area contributed by atoms with Gasteiger partial charge in [-0.2, -0.15) is 0 Å². The first-order valence-corrected chi connectivity index (χ1v) is 5.27. The van der Waals surface area contributed by atoms with E-state index in [0.29, 0.717) is 5.75 Å². The van der Waals surface area contributed by atoms with Gasteiger partial charge in [-0.05, 0) is 24.3 Å². The van der Waals surface area contributed by atoms with Crippen molar-refractivity contribution in [1.29, 1.82) is 0 Å². The standard InChI is InChI=1S/C13H8ClFO2/c14-11-8-4-7-10(12(11)15)13(16)17-9-5-2-1-3-6-9/h1-8H. The third-order valence-electron chi connectivity index (χ3n) is 2.13. The molecular formula is C13H8ClFO2. The van der Waals surface area contributed by atoms with Crippen LogP contribution in [0.3, 0.4) is 0 Å². The molecule has 2 nitrogen and oxygen atoms in total. The van der Waals surface area contributed by atoms with Gasteiger partial charge in [0.25, 0.3) is 0 Å². The fourth-order valence-corrected chi connectivity index (χ4v) is 1.49. The quantitative estimate of drug-likeness (QED) is 0.600. The van der Waals surface area contributed by atoms with Crippen LogP contribution in [0.2, 0.25) is 5.02 Å². The van der Waals surface area contributed by atoms with Gasteiger partial charge < -0.3 is 4.74 Å². The van der Waals surface area contributed by atoms with Crippen LogP contribution in [0.1, 0.15) is 10.4 Å². The van der Waals surface area contributed by atoms with Gasteiger partial charge >= 0.3 is 5.97 Å². The van der Waals surface area contributed by atoms with Crippen LogP contribution in [0.5, 0.6) is 5.75 Å². The summed E-state index contributed by atoms with van der Waals surface area (Å²) in [7, 11) is 0. The van der Waals surface area contributed by atoms with E-state index in [1.54, 1.807) is 30.3 Å². The second kappa shape index (κ2) is 4.97. The molecule has 0 spiro atoms. The number of benzene rings is 2. The van der Waals surface area contributed by atoms with Crippen LogP contribution in [0.15, 0.2) is 48.5 Å². The van der Waals surface area contributed by atoms with Crippen LogP contribution >= 0.6 is 11.6 Å². The highest BCUT2D eigenvalue weighted by molar-refractivity contribution is 6.31. The van der Waals surface area contributed by atoms with Gasteiger partial charge in [-0.25, -0.2) is 9.18 Å². The molecule has 0 fully saturated rings. The van der Waals surface area contributed by atoms with Gasteiger partial charge in [-0.1, -0.05) is 35.9 Å². The van der Waals surface area contributed by atoms with Crippen molar-refractivity contribution in [2.24, 2.45) is 0 Å². The number of rotatable bonds is 2. The summed E-state index contributed by atoms with van der Waals surface area (Å²) in [6, 6.07) is 12.6. The molecule has 2 rings (SSSR count). The van der Waals surface area contributed by atoms with E-state index in [1.165, 1.54) is 18.2 Å². The van der Waals surface area contributed by atoms with Crippen molar-refractivity contribution >= 4 is 17.6 Å². The molecule has 0 aliphatic heterocycles. The fraction of sp³-hybridized carbons (Fsp3) is 0. The number of hydrogen-bond donors (Lipinski definition) is 0. The molecule has 4 heteroatoms. The Morgan fingerprint density at radius 3 is 2.47 bits per heavy atom. The van der Waals surface area contributed by atoms with Gasteiger partial charge in [0, 0.05) is 0 Å². The van der Waals surface area contributed by atoms with Gasteiger partial charge in [0.2, 0.25) is 0 Å². The summed E-state index contributed by atoms with van der Waals surface area (Å²) >= 11 is 5.58. The third-order valence-corrected chi connectivity index (χ3v) is 2.42. The van der Waals surface area contributed by atoms with Gasteiger partial charge in [0.05, 0.1) is 10.6 Å². The second-order valence-electron chi connectivity index (χ2n) is 3.30. The lowest BCUT2D eigenvalue weighted by Crippen LogP contribution is -2.10. The molecule has 0 aromatic heterocycles. The first-order valence-electron chi connectivity index (χ1n) is 4.90. The maximum atomic E-state index is 13.5. The Kier molecular flexibility index (Phi) is 3.40. The summed E-state index contributed by atoms with van der Waals surface area (Å²) < 4.78 is 18.5. The maximum Gasteiger partial charge on any atom is 0.346 e. The first-order chi connectivity index (χ1) is 8.18. The largest absolute Gasteiger partial charge is 0.423 e. The van der Waals surface area contributed by atoms with Crippen molar-refractivity contribution in [2.45, 2.75) is 0 Å². The Morgan fingerprint density at radius 2 is 1.76 bits per heavy atom. The molecule has 0 aliphatic carbocycles. The maximum absolute atomic E-state index is 13.5. The molecule has 0 aliphatic rings. The molecule has 0 bridgehead atoms. The smallest absolute Gasteiger partial charge is 0.346 e. The number of halogens is 2. The molecule has 0 saturated heterocycles. The lowest BCUT2D eigenvalue weighted by atomic mass is 10.2. The first kappa shape index (κ1) is 11.6. The number of carbonyl (C=O) groups excluding carboxylic acids is 1. The normalized spacial score (nSPS) is 10.0. The van der Waals surface area contributed by atoms with E-state index in [4.69, 9.17) is 16.3 Å². The van der Waals surface area contributed by atoms with Gasteiger partial charge in [0.15, 0.2) is 5.82 Å². The highest BCUT2D eigenvalue weighted by Gasteiger charge is 2.15. The number of ether oxygens (including phenoxy) is 1. The molecule has 0 atom stereocenters. The van der Waals surface area contributed by atoms with Crippen LogP contribution in [0.4, 0.5) is 4.39 Å². The van der Waals surface area contributed by atoms with Crippen molar-refractivity contribution in [3.8, 4) is 5.75 Å². The summed E-state index contributed by atoms with van der Waals surface area (Å²) in [6.07, 6.45) is 0. The Bertz CT molecular complexity index is 540. The summed E-state index contributed by atoms with van der Waals surface area (Å²) in [5, 5.41) is -0.104. The molecule has 0 saturated carbocycles. The molecule has 0 amide bonds. The fourth-order valence-electron chi connectivity index (χ4n) is 1.31. The monoisotopic (exact) mass is 250 g/mol. The topological polar surface area (TPSA) is 26.3 Å². The number of esters is 1. The van der Waals surface area contributed by atoms with E-state index in [2.05, 4.69) is 0 Å². The Balaban J connectivity index is 2.24. The Hall–Kier alpha value is -1.87. The molecule has 0 N–H and O–H groups in total. The molecule has 0 radical (unpaired) electrons. The molecule has 17 heavy (non-hydrogen) atoms. The minimum atomic E-state index is -0.768. The van der Waals surface area contributed by atoms with Crippen molar-refractivity contribution in [3.63, 3.8) is 0 Å². The average Bonchev–Trinajstić information content (AvgIpc) is 2.34. The Labute approximate surface area is 103 Å². The van der Waals surface area contributed by atoms with E-state index in [9.17, 15) is 9.18 Å². The van der Waals surface area contributed by atoms with E-state index >= 15 is 0 Å². The summed E-state index contributed by atoms with van der Waals surface area (Å²) in [5.74, 6) is -1.18. The van der Waals surface area contributed by atoms with Crippen molar-refractivity contribution in [1.82, 2.24) is 0 Å². The van der Waals surface area contributed by atoms with E-state index < -0.39 is 11.8 Å². The zero-order valence-corrected chi connectivity index (χ0v) is 9.45. The highest BCUT2D eigenvalue weighted by Crippen LogP contribution is 2.19. The molecule has 86 valence electrons. The molecule has 0 unspecified atom stereocenters. The van der Waals surface area contributed by atoms with E-state index in [1.807, 2.05) is 0 Å². The predicted octanol–water partition coefficient (Wildman–Crippen LogP) is 3.70. The predicted molar refractivity (Wildman–Crippen MR) is 62.8 cm³/mol. The highest BCUT2D eigenvalue weighted by atomic mass is 35.5. The van der Waals surface area contributed by atoms with Crippen molar-refractivity contribution < 1.29 is 13.9 Å². The van der Waals surface area contributed by atoms with Crippen molar-refractivity contribution in [2.75, 3.05) is 0 Å². The number of hydrogen-bond acceptors (Lipinski definition) is 2. The lowest BCUT2D eigenvalue weighted by Gasteiger charge is -2.05. The third kappa shape index (κ3) is 2.63. The summed E-state index contributed by atoms with van der Waals surface area (Å²) in [6.45, 7) is 0. The molecule has 0 heterocycles. The zero-order valence-electron chi connectivity index (χ0n) is 8.69. The van der Waals surface area contributed by atoms with Crippen LogP contribution < -0.4 is 4.74 Å². The zero-order chi connectivity index (χ0) is 12.3. The SMILES string of the molecule is O=C(Oc1ccccc1)c1cccc(Cl)c1F. The van der Waals surface area contributed by atoms with E-state index in [-0.39, 0.29) is 10.6 Å². The van der Waals surface area contributed by atoms with E-state index in [0.717, 1.165) is 0 Å². The van der Waals surface area contributed by atoms with Crippen LogP contribution in [0, 0.1) is 5.82 Å². The number of carbonyl (C=O) groups is 1. The van der Waals surface area contributed by atoms with Crippen LogP contribution in [-0.4, -0.2) is 5.97 Å². The average molecular weight is 251 g/mol. The Morgan fingerprint density at radius 1 is 1.06 bits per heavy atom. The van der Waals surface area contributed by atoms with Gasteiger partial charge in [-0.3, -0.25) is 0 Å². The molecule has 2 aromatic rings. The van der Waals surface area contributed by atoms with Crippen molar-refractivity contribution in [3.05, 3.63) is 64.9 Å².